The molecule has 0 unspecified atom stereocenters. The van der Waals surface area contributed by atoms with Crippen LogP contribution in [0.5, 0.6) is 0 Å². The summed E-state index contributed by atoms with van der Waals surface area (Å²) >= 11 is 0. The Balaban J connectivity index is 0.00000324. The van der Waals surface area contributed by atoms with Crippen LogP contribution < -0.4 is 17.0 Å². The minimum absolute atomic E-state index is 0. The predicted molar refractivity (Wildman–Crippen MR) is 61.6 cm³/mol. The van der Waals surface area contributed by atoms with Crippen LogP contribution in [0.3, 0.4) is 0 Å². The van der Waals surface area contributed by atoms with E-state index in [0.29, 0.717) is 5.82 Å². The second-order valence-corrected chi connectivity index (χ2v) is 7.85. The lowest BCUT2D eigenvalue weighted by molar-refractivity contribution is -0.682. The Hall–Kier alpha value is -0.330. The molecule has 0 fully saturated rings. The van der Waals surface area contributed by atoms with E-state index < -0.39 is 20.6 Å². The first kappa shape index (κ1) is 18.7. The molecular formula is C8H15ClN2O6P2. The molecule has 11 heteroatoms. The van der Waals surface area contributed by atoms with Crippen molar-refractivity contribution >= 4 is 15.2 Å². The summed E-state index contributed by atoms with van der Waals surface area (Å²) in [6.45, 7) is 0. The summed E-state index contributed by atoms with van der Waals surface area (Å²) in [5, 5.41) is -1.98. The summed E-state index contributed by atoms with van der Waals surface area (Å²) < 4.78 is 23.7. The SMILES string of the molecule is C[n+]1cccnc1CCC(P(=O)(O)O)P(=O)(O)O.[Cl-]. The van der Waals surface area contributed by atoms with E-state index in [1.165, 1.54) is 6.20 Å². The molecule has 0 aromatic carbocycles. The molecule has 8 nitrogen and oxygen atoms in total. The fraction of sp³-hybridized carbons (Fsp3) is 0.500. The number of halogens is 1. The van der Waals surface area contributed by atoms with Crippen molar-refractivity contribution in [2.24, 2.45) is 7.05 Å². The third kappa shape index (κ3) is 5.67. The third-order valence-corrected chi connectivity index (χ3v) is 6.30. The number of hydrogen-bond donors (Lipinski definition) is 4. The second-order valence-electron chi connectivity index (χ2n) is 3.84. The fourth-order valence-corrected chi connectivity index (χ4v) is 4.00. The van der Waals surface area contributed by atoms with Crippen molar-refractivity contribution in [3.63, 3.8) is 0 Å². The maximum atomic E-state index is 11.1. The summed E-state index contributed by atoms with van der Waals surface area (Å²) in [5.41, 5.74) is 0. The van der Waals surface area contributed by atoms with Crippen molar-refractivity contribution in [1.29, 1.82) is 0 Å². The van der Waals surface area contributed by atoms with Gasteiger partial charge in [-0.3, -0.25) is 9.13 Å². The Kier molecular flexibility index (Phi) is 6.78. The molecule has 0 saturated carbocycles. The lowest BCUT2D eigenvalue weighted by Crippen LogP contribution is -3.00. The third-order valence-electron chi connectivity index (χ3n) is 2.43. The quantitative estimate of drug-likeness (QED) is 0.325. The molecule has 0 aliphatic carbocycles. The van der Waals surface area contributed by atoms with Crippen molar-refractivity contribution < 1.29 is 45.7 Å². The maximum Gasteiger partial charge on any atom is 0.340 e. The smallest absolute Gasteiger partial charge is 0.340 e. The van der Waals surface area contributed by atoms with Crippen LogP contribution in [0, 0.1) is 0 Å². The van der Waals surface area contributed by atoms with E-state index in [1.807, 2.05) is 0 Å². The summed E-state index contributed by atoms with van der Waals surface area (Å²) in [5.74, 6) is 0.490. The number of nitrogens with zero attached hydrogens (tertiary/aromatic N) is 2. The van der Waals surface area contributed by atoms with Gasteiger partial charge in [0.25, 0.3) is 5.82 Å². The van der Waals surface area contributed by atoms with E-state index in [-0.39, 0.29) is 25.2 Å². The van der Waals surface area contributed by atoms with E-state index in [2.05, 4.69) is 4.98 Å². The van der Waals surface area contributed by atoms with Crippen molar-refractivity contribution in [2.45, 2.75) is 18.2 Å². The molecule has 0 atom stereocenters. The highest BCUT2D eigenvalue weighted by atomic mass is 35.5. The molecule has 0 spiro atoms. The zero-order valence-corrected chi connectivity index (χ0v) is 12.5. The zero-order valence-electron chi connectivity index (χ0n) is 10.00. The topological polar surface area (TPSA) is 132 Å². The molecule has 0 amide bonds. The zero-order chi connectivity index (χ0) is 14.0. The number of aromatic nitrogens is 2. The largest absolute Gasteiger partial charge is 1.00 e. The normalized spacial score (nSPS) is 12.3. The van der Waals surface area contributed by atoms with Gasteiger partial charge in [0.1, 0.15) is 6.20 Å². The highest BCUT2D eigenvalue weighted by molar-refractivity contribution is 7.70. The van der Waals surface area contributed by atoms with Gasteiger partial charge in [-0.25, -0.2) is 4.57 Å². The van der Waals surface area contributed by atoms with Crippen molar-refractivity contribution in [1.82, 2.24) is 4.98 Å². The standard InChI is InChI=1S/C8H14N2O6P2.ClH/c1-10-6-2-5-9-7(10)3-4-8(17(11,12)13)18(14,15)16;/h2,5-6,8H,3-4H2,1H3,(H3-,11,12,13,14,15,16);1H. The minimum atomic E-state index is -4.85. The van der Waals surface area contributed by atoms with Gasteiger partial charge in [0.15, 0.2) is 5.40 Å². The second kappa shape index (κ2) is 6.90. The van der Waals surface area contributed by atoms with Crippen LogP contribution in [0.15, 0.2) is 18.5 Å². The van der Waals surface area contributed by atoms with Crippen LogP contribution in [-0.2, 0) is 22.6 Å². The van der Waals surface area contributed by atoms with E-state index >= 15 is 0 Å². The Morgan fingerprint density at radius 3 is 2.21 bits per heavy atom. The molecule has 0 bridgehead atoms. The van der Waals surface area contributed by atoms with Gasteiger partial charge < -0.3 is 32.0 Å². The first-order valence-corrected chi connectivity index (χ1v) is 8.38. The average Bonchev–Trinajstić information content (AvgIpc) is 2.17. The number of aryl methyl sites for hydroxylation is 2. The molecule has 110 valence electrons. The van der Waals surface area contributed by atoms with Crippen LogP contribution in [0.2, 0.25) is 0 Å². The van der Waals surface area contributed by atoms with Crippen LogP contribution >= 0.6 is 15.2 Å². The molecule has 0 aliphatic heterocycles. The van der Waals surface area contributed by atoms with E-state index in [9.17, 15) is 9.13 Å². The average molecular weight is 333 g/mol. The van der Waals surface area contributed by atoms with Gasteiger partial charge in [-0.15, -0.1) is 0 Å². The Bertz CT molecular complexity index is 494. The van der Waals surface area contributed by atoms with Crippen molar-refractivity contribution in [2.75, 3.05) is 0 Å². The van der Waals surface area contributed by atoms with Crippen molar-refractivity contribution in [3.05, 3.63) is 24.3 Å². The number of rotatable bonds is 5. The van der Waals surface area contributed by atoms with Gasteiger partial charge in [0, 0.05) is 6.07 Å². The van der Waals surface area contributed by atoms with E-state index in [0.717, 1.165) is 0 Å². The summed E-state index contributed by atoms with van der Waals surface area (Å²) in [4.78, 5) is 39.8. The van der Waals surface area contributed by atoms with Gasteiger partial charge in [-0.2, -0.15) is 0 Å². The molecule has 4 N–H and O–H groups in total. The van der Waals surface area contributed by atoms with Crippen LogP contribution in [0.1, 0.15) is 12.2 Å². The van der Waals surface area contributed by atoms with Gasteiger partial charge in [0.2, 0.25) is 0 Å². The first-order chi connectivity index (χ1) is 8.12. The Morgan fingerprint density at radius 1 is 1.26 bits per heavy atom. The lowest BCUT2D eigenvalue weighted by atomic mass is 10.3. The van der Waals surface area contributed by atoms with E-state index in [4.69, 9.17) is 19.6 Å². The lowest BCUT2D eigenvalue weighted by Gasteiger charge is -2.18. The molecule has 1 rings (SSSR count). The predicted octanol–water partition coefficient (Wildman–Crippen LogP) is -3.48. The molecule has 0 aliphatic rings. The maximum absolute atomic E-state index is 11.1. The van der Waals surface area contributed by atoms with Gasteiger partial charge in [-0.1, -0.05) is 4.98 Å². The summed E-state index contributed by atoms with van der Waals surface area (Å²) in [6.07, 6.45) is 2.92. The Labute approximate surface area is 116 Å². The van der Waals surface area contributed by atoms with Crippen molar-refractivity contribution in [3.8, 4) is 0 Å². The van der Waals surface area contributed by atoms with E-state index in [1.54, 1.807) is 23.9 Å². The fourth-order valence-electron chi connectivity index (χ4n) is 1.51. The van der Waals surface area contributed by atoms with Crippen LogP contribution in [0.4, 0.5) is 0 Å². The molecule has 1 aromatic rings. The summed E-state index contributed by atoms with van der Waals surface area (Å²) in [7, 11) is -8.01. The highest BCUT2D eigenvalue weighted by Gasteiger charge is 2.43. The minimum Gasteiger partial charge on any atom is -1.00 e. The van der Waals surface area contributed by atoms with Gasteiger partial charge >= 0.3 is 15.2 Å². The Morgan fingerprint density at radius 2 is 1.79 bits per heavy atom. The number of hydrogen-bond acceptors (Lipinski definition) is 3. The van der Waals surface area contributed by atoms with Crippen LogP contribution in [-0.4, -0.2) is 30.0 Å². The molecular weight excluding hydrogens is 317 g/mol. The monoisotopic (exact) mass is 332 g/mol. The molecule has 1 heterocycles. The van der Waals surface area contributed by atoms with Gasteiger partial charge in [0.05, 0.1) is 19.7 Å². The van der Waals surface area contributed by atoms with Crippen LogP contribution in [0.25, 0.3) is 0 Å². The molecule has 1 aromatic heterocycles. The molecule has 0 radical (unpaired) electrons. The first-order valence-electron chi connectivity index (χ1n) is 5.02. The molecule has 0 saturated heterocycles. The van der Waals surface area contributed by atoms with Gasteiger partial charge in [-0.05, 0) is 6.42 Å². The highest BCUT2D eigenvalue weighted by Crippen LogP contribution is 2.61. The molecule has 19 heavy (non-hydrogen) atoms. The summed E-state index contributed by atoms with van der Waals surface area (Å²) in [6, 6.07) is 1.67.